The Balaban J connectivity index is 1.64. The molecule has 41 heavy (non-hydrogen) atoms. The number of H-pyrrole nitrogens is 1. The van der Waals surface area contributed by atoms with E-state index in [9.17, 15) is 19.2 Å². The van der Waals surface area contributed by atoms with Gasteiger partial charge in [-0.05, 0) is 50.6 Å². The highest BCUT2D eigenvalue weighted by molar-refractivity contribution is 5.92. The molecule has 0 saturated carbocycles. The molecule has 3 heterocycles. The third-order valence-electron chi connectivity index (χ3n) is 6.78. The molecule has 2 N–H and O–H groups in total. The van der Waals surface area contributed by atoms with E-state index in [-0.39, 0.29) is 18.6 Å². The number of imidazole rings is 1. The van der Waals surface area contributed by atoms with Crippen LogP contribution in [0, 0.1) is 23.1 Å². The SMILES string of the molecule is COC(=O)[C@@H]1CN(c2c(-c3cccc(C#N)c3)cncc2-c2nc3c(F)cccc3[nH]2)C[C@H]1NC(=O)OC(C)(C)C. The molecule has 10 nitrogen and oxygen atoms in total. The van der Waals surface area contributed by atoms with Gasteiger partial charge in [0, 0.05) is 31.0 Å². The molecule has 2 atom stereocenters. The van der Waals surface area contributed by atoms with Crippen LogP contribution in [0.15, 0.2) is 54.9 Å². The molecule has 1 aliphatic rings. The first-order valence-corrected chi connectivity index (χ1v) is 13.0. The molecular weight excluding hydrogens is 527 g/mol. The second-order valence-electron chi connectivity index (χ2n) is 10.8. The zero-order valence-electron chi connectivity index (χ0n) is 23.1. The van der Waals surface area contributed by atoms with Crippen LogP contribution in [-0.4, -0.2) is 58.9 Å². The van der Waals surface area contributed by atoms with E-state index >= 15 is 0 Å². The maximum absolute atomic E-state index is 14.6. The predicted octanol–water partition coefficient (Wildman–Crippen LogP) is 4.81. The number of alkyl carbamates (subject to hydrolysis) is 1. The lowest BCUT2D eigenvalue weighted by Gasteiger charge is -2.25. The molecule has 5 rings (SSSR count). The van der Waals surface area contributed by atoms with Gasteiger partial charge < -0.3 is 24.7 Å². The predicted molar refractivity (Wildman–Crippen MR) is 150 cm³/mol. The van der Waals surface area contributed by atoms with Crippen LogP contribution in [0.3, 0.4) is 0 Å². The number of ether oxygens (including phenoxy) is 2. The highest BCUT2D eigenvalue weighted by Gasteiger charge is 2.41. The number of methoxy groups -OCH3 is 1. The van der Waals surface area contributed by atoms with E-state index < -0.39 is 35.4 Å². The number of nitrogens with zero attached hydrogens (tertiary/aromatic N) is 4. The fraction of sp³-hybridized carbons (Fsp3) is 0.300. The second kappa shape index (κ2) is 10.9. The number of carbonyl (C=O) groups is 2. The molecule has 1 amide bonds. The van der Waals surface area contributed by atoms with Crippen molar-refractivity contribution in [3.63, 3.8) is 0 Å². The van der Waals surface area contributed by atoms with E-state index in [2.05, 4.69) is 26.3 Å². The fourth-order valence-corrected chi connectivity index (χ4v) is 5.04. The number of aromatic amines is 1. The summed E-state index contributed by atoms with van der Waals surface area (Å²) in [6.45, 7) is 5.70. The lowest BCUT2D eigenvalue weighted by molar-refractivity contribution is -0.145. The number of hydrogen-bond acceptors (Lipinski definition) is 8. The lowest BCUT2D eigenvalue weighted by Crippen LogP contribution is -2.45. The Labute approximate surface area is 236 Å². The van der Waals surface area contributed by atoms with Crippen molar-refractivity contribution in [3.05, 3.63) is 66.2 Å². The van der Waals surface area contributed by atoms with E-state index in [1.54, 1.807) is 63.5 Å². The number of anilines is 1. The Morgan fingerprint density at radius 2 is 1.90 bits per heavy atom. The van der Waals surface area contributed by atoms with Crippen LogP contribution >= 0.6 is 0 Å². The number of amides is 1. The van der Waals surface area contributed by atoms with Crippen molar-refractivity contribution in [3.8, 4) is 28.6 Å². The first-order chi connectivity index (χ1) is 19.6. The van der Waals surface area contributed by atoms with Crippen molar-refractivity contribution < 1.29 is 23.5 Å². The Hall–Kier alpha value is -4.98. The molecule has 1 saturated heterocycles. The third-order valence-corrected chi connectivity index (χ3v) is 6.78. The quantitative estimate of drug-likeness (QED) is 0.335. The molecule has 0 spiro atoms. The van der Waals surface area contributed by atoms with Crippen LogP contribution in [0.2, 0.25) is 0 Å². The van der Waals surface area contributed by atoms with E-state index in [1.165, 1.54) is 13.2 Å². The number of aromatic nitrogens is 3. The number of carbonyl (C=O) groups excluding carboxylic acids is 2. The third kappa shape index (κ3) is 5.68. The number of nitrogens with one attached hydrogen (secondary N) is 2. The van der Waals surface area contributed by atoms with Gasteiger partial charge in [0.1, 0.15) is 16.9 Å². The summed E-state index contributed by atoms with van der Waals surface area (Å²) in [5.74, 6) is -1.28. The highest BCUT2D eigenvalue weighted by Crippen LogP contribution is 2.41. The summed E-state index contributed by atoms with van der Waals surface area (Å²) in [4.78, 5) is 39.7. The maximum Gasteiger partial charge on any atom is 0.407 e. The van der Waals surface area contributed by atoms with Gasteiger partial charge in [-0.25, -0.2) is 14.2 Å². The van der Waals surface area contributed by atoms with Gasteiger partial charge in [0.2, 0.25) is 0 Å². The minimum absolute atomic E-state index is 0.184. The lowest BCUT2D eigenvalue weighted by atomic mass is 10.00. The van der Waals surface area contributed by atoms with Crippen molar-refractivity contribution in [2.45, 2.75) is 32.4 Å². The van der Waals surface area contributed by atoms with Crippen LogP contribution in [-0.2, 0) is 14.3 Å². The number of rotatable bonds is 5. The summed E-state index contributed by atoms with van der Waals surface area (Å²) < 4.78 is 25.1. The maximum atomic E-state index is 14.6. The number of pyridine rings is 1. The zero-order valence-corrected chi connectivity index (χ0v) is 23.1. The van der Waals surface area contributed by atoms with E-state index in [0.29, 0.717) is 39.3 Å². The minimum atomic E-state index is -0.725. The van der Waals surface area contributed by atoms with Gasteiger partial charge >= 0.3 is 12.1 Å². The van der Waals surface area contributed by atoms with Gasteiger partial charge in [-0.1, -0.05) is 18.2 Å². The topological polar surface area (TPSA) is 133 Å². The average Bonchev–Trinajstić information content (AvgIpc) is 3.56. The van der Waals surface area contributed by atoms with Crippen LogP contribution in [0.25, 0.3) is 33.5 Å². The molecule has 2 aromatic carbocycles. The number of para-hydroxylation sites is 1. The molecular formula is C30H29FN6O4. The number of halogens is 1. The van der Waals surface area contributed by atoms with Gasteiger partial charge in [-0.2, -0.15) is 5.26 Å². The normalized spacial score (nSPS) is 16.8. The summed E-state index contributed by atoms with van der Waals surface area (Å²) in [6, 6.07) is 13.3. The number of nitriles is 1. The molecule has 0 unspecified atom stereocenters. The largest absolute Gasteiger partial charge is 0.469 e. The Kier molecular flexibility index (Phi) is 7.32. The van der Waals surface area contributed by atoms with Gasteiger partial charge in [0.05, 0.1) is 47.5 Å². The van der Waals surface area contributed by atoms with Crippen LogP contribution in [0.4, 0.5) is 14.9 Å². The van der Waals surface area contributed by atoms with Gasteiger partial charge in [-0.15, -0.1) is 0 Å². The van der Waals surface area contributed by atoms with Crippen LogP contribution in [0.5, 0.6) is 0 Å². The fourth-order valence-electron chi connectivity index (χ4n) is 5.04. The van der Waals surface area contributed by atoms with Crippen LogP contribution in [0.1, 0.15) is 26.3 Å². The summed E-state index contributed by atoms with van der Waals surface area (Å²) in [6.07, 6.45) is 2.63. The number of benzene rings is 2. The van der Waals surface area contributed by atoms with Crippen molar-refractivity contribution in [1.29, 1.82) is 5.26 Å². The van der Waals surface area contributed by atoms with Crippen molar-refractivity contribution in [2.24, 2.45) is 5.92 Å². The summed E-state index contributed by atoms with van der Waals surface area (Å²) >= 11 is 0. The monoisotopic (exact) mass is 556 g/mol. The molecule has 0 aliphatic carbocycles. The first kappa shape index (κ1) is 27.6. The van der Waals surface area contributed by atoms with Gasteiger partial charge in [0.15, 0.2) is 5.82 Å². The molecule has 2 aromatic heterocycles. The first-order valence-electron chi connectivity index (χ1n) is 13.0. The summed E-state index contributed by atoms with van der Waals surface area (Å²) in [5.41, 5.74) is 3.03. The molecule has 1 aliphatic heterocycles. The standard InChI is InChI=1S/C30H29FN6O4/c1-30(2,3)41-29(39)35-24-16-37(15-21(24)28(38)40-4)26-19(18-8-5-7-17(11-18)12-32)13-33-14-20(26)27-34-23-10-6-9-22(31)25(23)36-27/h5-11,13-14,21,24H,15-16H2,1-4H3,(H,34,36)(H,35,39)/t21-,24-/m1/s1. The van der Waals surface area contributed by atoms with Crippen molar-refractivity contribution in [1.82, 2.24) is 20.3 Å². The van der Waals surface area contributed by atoms with Crippen LogP contribution < -0.4 is 10.2 Å². The van der Waals surface area contributed by atoms with E-state index in [4.69, 9.17) is 9.47 Å². The zero-order chi connectivity index (χ0) is 29.3. The molecule has 210 valence electrons. The summed E-state index contributed by atoms with van der Waals surface area (Å²) in [5, 5.41) is 12.4. The number of fused-ring (bicyclic) bond motifs is 1. The Morgan fingerprint density at radius 1 is 1.15 bits per heavy atom. The molecule has 1 fully saturated rings. The highest BCUT2D eigenvalue weighted by atomic mass is 19.1. The number of hydrogen-bond donors (Lipinski definition) is 2. The Morgan fingerprint density at radius 3 is 2.61 bits per heavy atom. The number of esters is 1. The van der Waals surface area contributed by atoms with E-state index in [0.717, 1.165) is 0 Å². The van der Waals surface area contributed by atoms with Gasteiger partial charge in [0.25, 0.3) is 0 Å². The minimum Gasteiger partial charge on any atom is -0.469 e. The molecule has 4 aromatic rings. The smallest absolute Gasteiger partial charge is 0.407 e. The Bertz CT molecular complexity index is 1670. The van der Waals surface area contributed by atoms with Crippen molar-refractivity contribution >= 4 is 28.8 Å². The average molecular weight is 557 g/mol. The molecule has 0 bridgehead atoms. The molecule has 11 heteroatoms. The molecule has 0 radical (unpaired) electrons. The van der Waals surface area contributed by atoms with Crippen molar-refractivity contribution in [2.75, 3.05) is 25.1 Å². The van der Waals surface area contributed by atoms with E-state index in [1.807, 2.05) is 11.0 Å². The summed E-state index contributed by atoms with van der Waals surface area (Å²) in [7, 11) is 1.30. The van der Waals surface area contributed by atoms with Gasteiger partial charge in [-0.3, -0.25) is 9.78 Å². The second-order valence-corrected chi connectivity index (χ2v) is 10.8.